The molecule has 1 aromatic rings. The Hall–Kier alpha value is -0.870. The van der Waals surface area contributed by atoms with Gasteiger partial charge < -0.3 is 5.32 Å². The molecular weight excluding hydrogens is 282 g/mol. The van der Waals surface area contributed by atoms with E-state index in [0.717, 1.165) is 6.54 Å². The first-order valence-corrected chi connectivity index (χ1v) is 10.1. The summed E-state index contributed by atoms with van der Waals surface area (Å²) < 4.78 is 22.4. The van der Waals surface area contributed by atoms with E-state index in [1.54, 1.807) is 0 Å². The Balaban J connectivity index is 1.95. The van der Waals surface area contributed by atoms with E-state index >= 15 is 0 Å². The van der Waals surface area contributed by atoms with Crippen LogP contribution in [-0.4, -0.2) is 27.0 Å². The van der Waals surface area contributed by atoms with Gasteiger partial charge in [-0.15, -0.1) is 0 Å². The topological polar surface area (TPSA) is 46.2 Å². The van der Waals surface area contributed by atoms with E-state index in [2.05, 4.69) is 29.6 Å². The number of hydrogen-bond donors (Lipinski definition) is 1. The third-order valence-electron chi connectivity index (χ3n) is 4.34. The summed E-state index contributed by atoms with van der Waals surface area (Å²) >= 11 is 0. The van der Waals surface area contributed by atoms with Crippen molar-refractivity contribution in [2.24, 2.45) is 5.92 Å². The number of rotatable bonds is 7. The van der Waals surface area contributed by atoms with Crippen molar-refractivity contribution in [1.82, 2.24) is 5.32 Å². The third kappa shape index (κ3) is 5.79. The van der Waals surface area contributed by atoms with Crippen LogP contribution < -0.4 is 5.32 Å². The second-order valence-corrected chi connectivity index (χ2v) is 8.48. The SMILES string of the molecule is CS(=O)(=O)CCCNC(c1ccccc1)C1CCCCC1. The fourth-order valence-corrected chi connectivity index (χ4v) is 3.95. The Labute approximate surface area is 129 Å². The molecule has 1 unspecified atom stereocenters. The van der Waals surface area contributed by atoms with Crippen molar-refractivity contribution in [3.63, 3.8) is 0 Å². The van der Waals surface area contributed by atoms with Crippen LogP contribution in [-0.2, 0) is 9.84 Å². The highest BCUT2D eigenvalue weighted by molar-refractivity contribution is 7.90. The Morgan fingerprint density at radius 2 is 1.81 bits per heavy atom. The lowest BCUT2D eigenvalue weighted by Crippen LogP contribution is -2.31. The van der Waals surface area contributed by atoms with Gasteiger partial charge in [-0.05, 0) is 37.3 Å². The molecule has 21 heavy (non-hydrogen) atoms. The smallest absolute Gasteiger partial charge is 0.147 e. The average molecular weight is 309 g/mol. The molecule has 0 aliphatic heterocycles. The molecule has 0 saturated heterocycles. The van der Waals surface area contributed by atoms with Gasteiger partial charge in [-0.1, -0.05) is 49.6 Å². The van der Waals surface area contributed by atoms with Crippen LogP contribution in [0.3, 0.4) is 0 Å². The summed E-state index contributed by atoms with van der Waals surface area (Å²) in [6.45, 7) is 0.767. The Morgan fingerprint density at radius 1 is 1.14 bits per heavy atom. The maximum atomic E-state index is 11.2. The normalized spacial score (nSPS) is 18.5. The molecule has 0 heterocycles. The van der Waals surface area contributed by atoms with Crippen molar-refractivity contribution >= 4 is 9.84 Å². The van der Waals surface area contributed by atoms with E-state index in [9.17, 15) is 8.42 Å². The zero-order valence-corrected chi connectivity index (χ0v) is 13.7. The van der Waals surface area contributed by atoms with Gasteiger partial charge in [-0.2, -0.15) is 0 Å². The van der Waals surface area contributed by atoms with Crippen molar-refractivity contribution < 1.29 is 8.42 Å². The standard InChI is InChI=1S/C17H27NO2S/c1-21(19,20)14-8-13-18-17(15-9-4-2-5-10-15)16-11-6-3-7-12-16/h2,4-5,9-10,16-18H,3,6-8,11-14H2,1H3. The van der Waals surface area contributed by atoms with Gasteiger partial charge in [-0.3, -0.25) is 0 Å². The molecule has 1 aliphatic rings. The first-order valence-electron chi connectivity index (χ1n) is 8.02. The predicted octanol–water partition coefficient (Wildman–Crippen LogP) is 3.33. The van der Waals surface area contributed by atoms with Crippen LogP contribution in [0.25, 0.3) is 0 Å². The van der Waals surface area contributed by atoms with Crippen LogP contribution in [0.2, 0.25) is 0 Å². The summed E-state index contributed by atoms with van der Waals surface area (Å²) in [4.78, 5) is 0. The Morgan fingerprint density at radius 3 is 2.43 bits per heavy atom. The molecule has 4 heteroatoms. The molecule has 0 aromatic heterocycles. The summed E-state index contributed by atoms with van der Waals surface area (Å²) in [5.74, 6) is 0.950. The van der Waals surface area contributed by atoms with Crippen LogP contribution >= 0.6 is 0 Å². The Kier molecular flexibility index (Phi) is 6.24. The summed E-state index contributed by atoms with van der Waals surface area (Å²) in [7, 11) is -2.85. The molecule has 0 bridgehead atoms. The van der Waals surface area contributed by atoms with Crippen LogP contribution in [0, 0.1) is 5.92 Å². The number of sulfone groups is 1. The van der Waals surface area contributed by atoms with Gasteiger partial charge in [0.1, 0.15) is 9.84 Å². The minimum atomic E-state index is -2.85. The molecule has 0 spiro atoms. The van der Waals surface area contributed by atoms with Crippen LogP contribution in [0.1, 0.15) is 50.1 Å². The molecule has 3 nitrogen and oxygen atoms in total. The maximum Gasteiger partial charge on any atom is 0.147 e. The average Bonchev–Trinajstić information content (AvgIpc) is 2.48. The summed E-state index contributed by atoms with van der Waals surface area (Å²) in [5.41, 5.74) is 1.34. The van der Waals surface area contributed by atoms with Gasteiger partial charge >= 0.3 is 0 Å². The number of benzene rings is 1. The highest BCUT2D eigenvalue weighted by atomic mass is 32.2. The first kappa shape index (κ1) is 16.5. The monoisotopic (exact) mass is 309 g/mol. The van der Waals surface area contributed by atoms with E-state index < -0.39 is 9.84 Å². The molecule has 1 aliphatic carbocycles. The lowest BCUT2D eigenvalue weighted by atomic mass is 9.81. The lowest BCUT2D eigenvalue weighted by molar-refractivity contribution is 0.272. The van der Waals surface area contributed by atoms with Crippen molar-refractivity contribution in [2.45, 2.75) is 44.6 Å². The van der Waals surface area contributed by atoms with Crippen molar-refractivity contribution in [3.8, 4) is 0 Å². The van der Waals surface area contributed by atoms with E-state index in [4.69, 9.17) is 0 Å². The molecule has 0 amide bonds. The second kappa shape index (κ2) is 7.95. The third-order valence-corrected chi connectivity index (χ3v) is 5.37. The van der Waals surface area contributed by atoms with Crippen molar-refractivity contribution in [2.75, 3.05) is 18.6 Å². The van der Waals surface area contributed by atoms with E-state index in [0.29, 0.717) is 18.4 Å². The van der Waals surface area contributed by atoms with Gasteiger partial charge in [0.05, 0.1) is 5.75 Å². The Bertz CT molecular complexity index is 507. The van der Waals surface area contributed by atoms with Crippen LogP contribution in [0.5, 0.6) is 0 Å². The van der Waals surface area contributed by atoms with Crippen molar-refractivity contribution in [1.29, 1.82) is 0 Å². The maximum absolute atomic E-state index is 11.2. The highest BCUT2D eigenvalue weighted by Crippen LogP contribution is 2.34. The lowest BCUT2D eigenvalue weighted by Gasteiger charge is -2.31. The zero-order chi connectivity index (χ0) is 15.1. The van der Waals surface area contributed by atoms with Crippen molar-refractivity contribution in [3.05, 3.63) is 35.9 Å². The largest absolute Gasteiger partial charge is 0.310 e. The van der Waals surface area contributed by atoms with Gasteiger partial charge in [0.25, 0.3) is 0 Å². The predicted molar refractivity (Wildman–Crippen MR) is 88.1 cm³/mol. The highest BCUT2D eigenvalue weighted by Gasteiger charge is 2.24. The fourth-order valence-electron chi connectivity index (χ4n) is 3.28. The first-order chi connectivity index (χ1) is 10.1. The molecule has 1 fully saturated rings. The quantitative estimate of drug-likeness (QED) is 0.786. The zero-order valence-electron chi connectivity index (χ0n) is 12.9. The molecule has 118 valence electrons. The minimum absolute atomic E-state index is 0.270. The summed E-state index contributed by atoms with van der Waals surface area (Å²) in [5, 5.41) is 3.61. The fraction of sp³-hybridized carbons (Fsp3) is 0.647. The molecule has 1 saturated carbocycles. The van der Waals surface area contributed by atoms with Gasteiger partial charge in [0.15, 0.2) is 0 Å². The van der Waals surface area contributed by atoms with Crippen LogP contribution in [0.15, 0.2) is 30.3 Å². The molecule has 0 radical (unpaired) electrons. The van der Waals surface area contributed by atoms with Gasteiger partial charge in [0.2, 0.25) is 0 Å². The van der Waals surface area contributed by atoms with E-state index in [-0.39, 0.29) is 5.75 Å². The van der Waals surface area contributed by atoms with Gasteiger partial charge in [-0.25, -0.2) is 8.42 Å². The summed E-state index contributed by atoms with van der Waals surface area (Å²) in [6, 6.07) is 11.0. The molecule has 1 atom stereocenters. The molecule has 1 aromatic carbocycles. The van der Waals surface area contributed by atoms with E-state index in [1.165, 1.54) is 43.9 Å². The number of hydrogen-bond acceptors (Lipinski definition) is 3. The second-order valence-electron chi connectivity index (χ2n) is 6.22. The summed E-state index contributed by atoms with van der Waals surface area (Å²) in [6.07, 6.45) is 8.54. The minimum Gasteiger partial charge on any atom is -0.310 e. The number of nitrogens with one attached hydrogen (secondary N) is 1. The van der Waals surface area contributed by atoms with Gasteiger partial charge in [0, 0.05) is 12.3 Å². The van der Waals surface area contributed by atoms with E-state index in [1.807, 2.05) is 6.07 Å². The van der Waals surface area contributed by atoms with Crippen LogP contribution in [0.4, 0.5) is 0 Å². The molecular formula is C17H27NO2S. The molecule has 1 N–H and O–H groups in total. The molecule has 2 rings (SSSR count).